The maximum atomic E-state index is 14.7. The molecule has 0 radical (unpaired) electrons. The first kappa shape index (κ1) is 23.2. The average Bonchev–Trinajstić information content (AvgIpc) is 2.84. The van der Waals surface area contributed by atoms with Crippen molar-refractivity contribution in [2.75, 3.05) is 13.1 Å². The molecule has 1 aromatic rings. The maximum absolute atomic E-state index is 14.7. The summed E-state index contributed by atoms with van der Waals surface area (Å²) in [6, 6.07) is 6.64. The number of nitrogens with zero attached hydrogens (tertiary/aromatic N) is 1. The molecule has 1 aliphatic heterocycles. The molecule has 1 aromatic carbocycles. The lowest BCUT2D eigenvalue weighted by Gasteiger charge is -2.33. The van der Waals surface area contributed by atoms with Crippen molar-refractivity contribution in [1.82, 2.24) is 10.2 Å². The minimum absolute atomic E-state index is 0.123. The molecule has 6 nitrogen and oxygen atoms in total. The van der Waals surface area contributed by atoms with Crippen LogP contribution in [0, 0.1) is 11.3 Å². The summed E-state index contributed by atoms with van der Waals surface area (Å²) in [5.41, 5.74) is 5.01. The number of likely N-dealkylation sites (tertiary alicyclic amines) is 1. The second kappa shape index (κ2) is 8.75. The minimum atomic E-state index is -3.29. The molecule has 162 valence electrons. The number of benzene rings is 1. The Morgan fingerprint density at radius 3 is 2.41 bits per heavy atom. The third-order valence-electron chi connectivity index (χ3n) is 5.50. The van der Waals surface area contributed by atoms with Crippen LogP contribution < -0.4 is 11.1 Å². The summed E-state index contributed by atoms with van der Waals surface area (Å²) in [4.78, 5) is 26.4. The fourth-order valence-electron chi connectivity index (χ4n) is 3.53. The van der Waals surface area contributed by atoms with Gasteiger partial charge < -0.3 is 21.1 Å². The van der Waals surface area contributed by atoms with Gasteiger partial charge in [-0.1, -0.05) is 58.0 Å². The molecule has 0 aromatic heterocycles. The highest BCUT2D eigenvalue weighted by molar-refractivity contribution is 5.91. The first-order valence-corrected chi connectivity index (χ1v) is 9.82. The summed E-state index contributed by atoms with van der Waals surface area (Å²) in [5, 5.41) is 13.1. The van der Waals surface area contributed by atoms with Crippen LogP contribution in [0.15, 0.2) is 30.3 Å². The van der Waals surface area contributed by atoms with Gasteiger partial charge in [0, 0.05) is 12.6 Å². The van der Waals surface area contributed by atoms with E-state index in [1.54, 1.807) is 24.3 Å². The van der Waals surface area contributed by atoms with E-state index >= 15 is 0 Å². The molecule has 0 spiro atoms. The van der Waals surface area contributed by atoms with Crippen LogP contribution in [0.5, 0.6) is 0 Å². The third-order valence-corrected chi connectivity index (χ3v) is 5.50. The maximum Gasteiger partial charge on any atom is 0.272 e. The van der Waals surface area contributed by atoms with Gasteiger partial charge >= 0.3 is 0 Å². The van der Waals surface area contributed by atoms with Gasteiger partial charge in [-0.05, 0) is 17.9 Å². The molecule has 3 atom stereocenters. The Morgan fingerprint density at radius 1 is 1.28 bits per heavy atom. The van der Waals surface area contributed by atoms with Gasteiger partial charge in [-0.25, -0.2) is 8.78 Å². The van der Waals surface area contributed by atoms with Gasteiger partial charge in [0.05, 0.1) is 12.0 Å². The van der Waals surface area contributed by atoms with E-state index in [0.29, 0.717) is 6.54 Å². The molecular weight excluding hydrogens is 380 g/mol. The summed E-state index contributed by atoms with van der Waals surface area (Å²) in [6.45, 7) is 5.64. The number of amides is 2. The molecule has 4 N–H and O–H groups in total. The monoisotopic (exact) mass is 411 g/mol. The number of hydrogen-bond donors (Lipinski definition) is 3. The molecule has 0 saturated carbocycles. The number of nitrogens with one attached hydrogen (secondary N) is 1. The van der Waals surface area contributed by atoms with E-state index in [1.807, 2.05) is 19.9 Å². The molecular formula is C21H31F2N3O3. The number of rotatable bonds is 7. The molecule has 2 amide bonds. The number of aliphatic hydroxyl groups is 1. The Kier molecular flexibility index (Phi) is 7.01. The fraction of sp³-hybridized carbons (Fsp3) is 0.619. The van der Waals surface area contributed by atoms with E-state index < -0.39 is 47.9 Å². The number of carbonyl (C=O) groups is 2. The van der Waals surface area contributed by atoms with Crippen molar-refractivity contribution in [3.63, 3.8) is 0 Å². The SMILES string of the molecule is CC(C)CNC(=O)[C@H]1N(C(=O)[C@@H](O)[C@@H](N)Cc2ccccc2)CC(F)(F)C1(C)C. The predicted octanol–water partition coefficient (Wildman–Crippen LogP) is 1.56. The highest BCUT2D eigenvalue weighted by atomic mass is 19.3. The van der Waals surface area contributed by atoms with Crippen LogP contribution in [-0.2, 0) is 16.0 Å². The average molecular weight is 411 g/mol. The van der Waals surface area contributed by atoms with Gasteiger partial charge in [0.25, 0.3) is 11.8 Å². The van der Waals surface area contributed by atoms with Crippen molar-refractivity contribution in [2.45, 2.75) is 58.2 Å². The van der Waals surface area contributed by atoms with Gasteiger partial charge in [0.15, 0.2) is 0 Å². The Bertz CT molecular complexity index is 725. The summed E-state index contributed by atoms with van der Waals surface area (Å²) >= 11 is 0. The Hall–Kier alpha value is -2.06. The zero-order chi connectivity index (χ0) is 22.0. The first-order chi connectivity index (χ1) is 13.4. The van der Waals surface area contributed by atoms with E-state index in [1.165, 1.54) is 13.8 Å². The minimum Gasteiger partial charge on any atom is -0.382 e. The first-order valence-electron chi connectivity index (χ1n) is 9.82. The number of halogens is 2. The molecule has 1 saturated heterocycles. The smallest absolute Gasteiger partial charge is 0.272 e. The molecule has 1 fully saturated rings. The zero-order valence-corrected chi connectivity index (χ0v) is 17.4. The molecule has 0 unspecified atom stereocenters. The van der Waals surface area contributed by atoms with Crippen molar-refractivity contribution in [3.05, 3.63) is 35.9 Å². The van der Waals surface area contributed by atoms with Crippen LogP contribution in [0.4, 0.5) is 8.78 Å². The van der Waals surface area contributed by atoms with Crippen molar-refractivity contribution >= 4 is 11.8 Å². The molecule has 1 heterocycles. The lowest BCUT2D eigenvalue weighted by molar-refractivity contribution is -0.147. The molecule has 0 bridgehead atoms. The molecule has 1 aliphatic rings. The molecule has 8 heteroatoms. The number of alkyl halides is 2. The van der Waals surface area contributed by atoms with Crippen molar-refractivity contribution in [3.8, 4) is 0 Å². The third kappa shape index (κ3) is 4.93. The van der Waals surface area contributed by atoms with Crippen LogP contribution in [0.1, 0.15) is 33.3 Å². The second-order valence-corrected chi connectivity index (χ2v) is 8.73. The largest absolute Gasteiger partial charge is 0.382 e. The van der Waals surface area contributed by atoms with E-state index in [2.05, 4.69) is 5.32 Å². The quantitative estimate of drug-likeness (QED) is 0.635. The number of carbonyl (C=O) groups excluding carboxylic acids is 2. The van der Waals surface area contributed by atoms with Crippen LogP contribution in [-0.4, -0.2) is 59.0 Å². The van der Waals surface area contributed by atoms with E-state index in [0.717, 1.165) is 10.5 Å². The zero-order valence-electron chi connectivity index (χ0n) is 17.4. The molecule has 2 rings (SSSR count). The van der Waals surface area contributed by atoms with E-state index in [4.69, 9.17) is 5.73 Å². The lowest BCUT2D eigenvalue weighted by atomic mass is 9.81. The number of aliphatic hydroxyl groups excluding tert-OH is 1. The van der Waals surface area contributed by atoms with Gasteiger partial charge in [0.1, 0.15) is 12.1 Å². The summed E-state index contributed by atoms with van der Waals surface area (Å²) in [6.07, 6.45) is -1.49. The van der Waals surface area contributed by atoms with Crippen LogP contribution >= 0.6 is 0 Å². The van der Waals surface area contributed by atoms with Crippen LogP contribution in [0.3, 0.4) is 0 Å². The van der Waals surface area contributed by atoms with E-state index in [-0.39, 0.29) is 12.3 Å². The van der Waals surface area contributed by atoms with E-state index in [9.17, 15) is 23.5 Å². The van der Waals surface area contributed by atoms with Gasteiger partial charge in [0.2, 0.25) is 5.91 Å². The molecule has 29 heavy (non-hydrogen) atoms. The highest BCUT2D eigenvalue weighted by Gasteiger charge is 2.64. The lowest BCUT2D eigenvalue weighted by Crippen LogP contribution is -2.56. The second-order valence-electron chi connectivity index (χ2n) is 8.73. The summed E-state index contributed by atoms with van der Waals surface area (Å²) in [5.74, 6) is -4.77. The Labute approximate surface area is 170 Å². The van der Waals surface area contributed by atoms with Crippen LogP contribution in [0.2, 0.25) is 0 Å². The number of nitrogens with two attached hydrogens (primary N) is 1. The van der Waals surface area contributed by atoms with Gasteiger partial charge in [-0.3, -0.25) is 9.59 Å². The van der Waals surface area contributed by atoms with Gasteiger partial charge in [-0.2, -0.15) is 0 Å². The van der Waals surface area contributed by atoms with Gasteiger partial charge in [-0.15, -0.1) is 0 Å². The van der Waals surface area contributed by atoms with Crippen molar-refractivity contribution in [2.24, 2.45) is 17.1 Å². The van der Waals surface area contributed by atoms with Crippen molar-refractivity contribution in [1.29, 1.82) is 0 Å². The number of hydrogen-bond acceptors (Lipinski definition) is 4. The highest BCUT2D eigenvalue weighted by Crippen LogP contribution is 2.48. The molecule has 0 aliphatic carbocycles. The Morgan fingerprint density at radius 2 is 1.86 bits per heavy atom. The topological polar surface area (TPSA) is 95.7 Å². The van der Waals surface area contributed by atoms with Crippen LogP contribution in [0.25, 0.3) is 0 Å². The normalized spacial score (nSPS) is 22.4. The van der Waals surface area contributed by atoms with Crippen molar-refractivity contribution < 1.29 is 23.5 Å². The Balaban J connectivity index is 2.21. The summed E-state index contributed by atoms with van der Waals surface area (Å²) in [7, 11) is 0. The summed E-state index contributed by atoms with van der Waals surface area (Å²) < 4.78 is 29.3. The fourth-order valence-corrected chi connectivity index (χ4v) is 3.53. The predicted molar refractivity (Wildman–Crippen MR) is 106 cm³/mol. The standard InChI is InChI=1S/C21H31F2N3O3/c1-13(2)11-25-18(28)17-20(3,4)21(22,23)12-26(17)19(29)16(27)15(24)10-14-8-6-5-7-9-14/h5-9,13,15-17,27H,10-12,24H2,1-4H3,(H,25,28)/t15-,16-,17+/m0/s1.